The number of benzene rings is 2. The van der Waals surface area contributed by atoms with Crippen molar-refractivity contribution >= 4 is 16.1 Å². The van der Waals surface area contributed by atoms with Crippen molar-refractivity contribution in [1.82, 2.24) is 0 Å². The van der Waals surface area contributed by atoms with Gasteiger partial charge in [-0.1, -0.05) is 50.7 Å². The van der Waals surface area contributed by atoms with E-state index in [1.54, 1.807) is 0 Å². The van der Waals surface area contributed by atoms with Crippen molar-refractivity contribution in [1.29, 1.82) is 0 Å². The molecule has 0 heterocycles. The number of halogens is 4. The summed E-state index contributed by atoms with van der Waals surface area (Å²) in [5, 5.41) is 0. The highest BCUT2D eigenvalue weighted by molar-refractivity contribution is 7.85. The molecular formula is C28H30F4O5S. The maximum absolute atomic E-state index is 14.7. The van der Waals surface area contributed by atoms with Gasteiger partial charge in [0.25, 0.3) is 0 Å². The van der Waals surface area contributed by atoms with E-state index >= 15 is 0 Å². The topological polar surface area (TPSA) is 80.7 Å². The fraction of sp³-hybridized carbons (Fsp3) is 0.536. The van der Waals surface area contributed by atoms with Crippen LogP contribution in [0.2, 0.25) is 0 Å². The minimum atomic E-state index is -5.63. The highest BCUT2D eigenvalue weighted by Gasteiger charge is 2.37. The van der Waals surface area contributed by atoms with E-state index < -0.39 is 50.0 Å². The summed E-state index contributed by atoms with van der Waals surface area (Å²) in [6.07, 6.45) is 11.6. The third-order valence-electron chi connectivity index (χ3n) is 8.48. The molecule has 1 N–H and O–H groups in total. The third kappa shape index (κ3) is 4.97. The van der Waals surface area contributed by atoms with E-state index in [-0.39, 0.29) is 17.4 Å². The second-order valence-electron chi connectivity index (χ2n) is 10.8. The van der Waals surface area contributed by atoms with Gasteiger partial charge in [0.05, 0.1) is 5.56 Å². The van der Waals surface area contributed by atoms with Crippen molar-refractivity contribution in [2.75, 3.05) is 0 Å². The van der Waals surface area contributed by atoms with Gasteiger partial charge < -0.3 is 4.74 Å². The quantitative estimate of drug-likeness (QED) is 0.130. The lowest BCUT2D eigenvalue weighted by atomic mass is 9.81. The van der Waals surface area contributed by atoms with Crippen LogP contribution in [0, 0.1) is 23.3 Å². The monoisotopic (exact) mass is 554 g/mol. The lowest BCUT2D eigenvalue weighted by Crippen LogP contribution is -2.20. The zero-order valence-corrected chi connectivity index (χ0v) is 21.7. The molecule has 3 saturated carbocycles. The molecule has 2 aromatic carbocycles. The summed E-state index contributed by atoms with van der Waals surface area (Å²) >= 11 is 0. The molecule has 0 bridgehead atoms. The average molecular weight is 555 g/mol. The molecule has 206 valence electrons. The molecule has 38 heavy (non-hydrogen) atoms. The van der Waals surface area contributed by atoms with Crippen molar-refractivity contribution in [2.24, 2.45) is 0 Å². The van der Waals surface area contributed by atoms with Crippen LogP contribution in [0.3, 0.4) is 0 Å². The number of carbonyl (C=O) groups excluding carboxylic acids is 1. The summed E-state index contributed by atoms with van der Waals surface area (Å²) in [5.74, 6) is -11.5. The highest BCUT2D eigenvalue weighted by Crippen LogP contribution is 2.46. The fourth-order valence-electron chi connectivity index (χ4n) is 6.61. The minimum Gasteiger partial charge on any atom is -0.416 e. The molecule has 3 fully saturated rings. The van der Waals surface area contributed by atoms with E-state index in [4.69, 9.17) is 9.29 Å². The third-order valence-corrected chi connectivity index (χ3v) is 9.35. The molecular weight excluding hydrogens is 524 g/mol. The number of ether oxygens (including phenoxy) is 1. The second-order valence-corrected chi connectivity index (χ2v) is 12.2. The van der Waals surface area contributed by atoms with Crippen LogP contribution in [0.15, 0.2) is 17.0 Å². The first-order valence-electron chi connectivity index (χ1n) is 13.3. The standard InChI is InChI=1S/C28H30F4O5S/c29-22-24(31)27(38(34,35)36)25(32)23(30)26(22)37-28(33)21-19(16-9-3-4-10-16)13-18(15-7-1-2-8-15)14-20(21)17-11-5-6-12-17/h13-17H,1-12H2,(H,34,35,36). The van der Waals surface area contributed by atoms with Crippen molar-refractivity contribution in [3.63, 3.8) is 0 Å². The molecule has 5 rings (SSSR count). The van der Waals surface area contributed by atoms with Crippen LogP contribution < -0.4 is 4.74 Å². The van der Waals surface area contributed by atoms with E-state index in [0.29, 0.717) is 5.92 Å². The summed E-state index contributed by atoms with van der Waals surface area (Å²) in [5.41, 5.74) is 2.82. The zero-order chi connectivity index (χ0) is 27.2. The summed E-state index contributed by atoms with van der Waals surface area (Å²) in [4.78, 5) is 11.5. The Bertz CT molecular complexity index is 1290. The van der Waals surface area contributed by atoms with Crippen LogP contribution in [0.1, 0.15) is 122 Å². The minimum absolute atomic E-state index is 0.0455. The van der Waals surface area contributed by atoms with Crippen molar-refractivity contribution in [2.45, 2.75) is 99.7 Å². The molecule has 0 saturated heterocycles. The van der Waals surface area contributed by atoms with Crippen molar-refractivity contribution < 1.29 is 40.1 Å². The first-order valence-corrected chi connectivity index (χ1v) is 14.7. The average Bonchev–Trinajstić information content (AvgIpc) is 3.67. The first kappa shape index (κ1) is 27.1. The first-order chi connectivity index (χ1) is 18.1. The molecule has 0 aliphatic heterocycles. The largest absolute Gasteiger partial charge is 0.416 e. The van der Waals surface area contributed by atoms with Crippen molar-refractivity contribution in [3.8, 4) is 5.75 Å². The zero-order valence-electron chi connectivity index (χ0n) is 20.9. The van der Waals surface area contributed by atoms with Crippen LogP contribution in [-0.4, -0.2) is 18.9 Å². The summed E-state index contributed by atoms with van der Waals surface area (Å²) in [7, 11) is -5.63. The van der Waals surface area contributed by atoms with Gasteiger partial charge in [-0.05, 0) is 73.0 Å². The molecule has 10 heteroatoms. The smallest absolute Gasteiger partial charge is 0.344 e. The summed E-state index contributed by atoms with van der Waals surface area (Å²) < 4.78 is 95.0. The molecule has 0 radical (unpaired) electrons. The van der Waals surface area contributed by atoms with Gasteiger partial charge >= 0.3 is 16.1 Å². The SMILES string of the molecule is O=C(Oc1c(F)c(F)c(S(=O)(=O)O)c(F)c1F)c1c(C2CCCC2)cc(C2CCCC2)cc1C1CCCC1. The predicted molar refractivity (Wildman–Crippen MR) is 131 cm³/mol. The normalized spacial score (nSPS) is 19.5. The molecule has 0 amide bonds. The maximum Gasteiger partial charge on any atom is 0.344 e. The molecule has 2 aromatic rings. The Hall–Kier alpha value is -2.46. The Morgan fingerprint density at radius 2 is 1.11 bits per heavy atom. The number of rotatable bonds is 6. The van der Waals surface area contributed by atoms with E-state index in [0.717, 1.165) is 93.7 Å². The van der Waals surface area contributed by atoms with Gasteiger partial charge in [-0.2, -0.15) is 17.2 Å². The fourth-order valence-corrected chi connectivity index (χ4v) is 7.24. The molecule has 0 atom stereocenters. The van der Waals surface area contributed by atoms with Gasteiger partial charge in [-0.15, -0.1) is 0 Å². The van der Waals surface area contributed by atoms with Gasteiger partial charge in [0.15, 0.2) is 16.5 Å². The van der Waals surface area contributed by atoms with Gasteiger partial charge in [-0.3, -0.25) is 4.55 Å². The van der Waals surface area contributed by atoms with E-state index in [9.17, 15) is 30.8 Å². The van der Waals surface area contributed by atoms with Crippen LogP contribution in [0.5, 0.6) is 5.75 Å². The molecule has 0 spiro atoms. The number of hydrogen-bond donors (Lipinski definition) is 1. The lowest BCUT2D eigenvalue weighted by Gasteiger charge is -2.25. The number of carbonyl (C=O) groups is 1. The number of esters is 1. The van der Waals surface area contributed by atoms with E-state index in [2.05, 4.69) is 0 Å². The van der Waals surface area contributed by atoms with E-state index in [1.165, 1.54) is 0 Å². The van der Waals surface area contributed by atoms with Gasteiger partial charge in [0.2, 0.25) is 17.4 Å². The Balaban J connectivity index is 1.64. The van der Waals surface area contributed by atoms with Crippen LogP contribution in [0.4, 0.5) is 17.6 Å². The van der Waals surface area contributed by atoms with Gasteiger partial charge in [-0.25, -0.2) is 13.6 Å². The van der Waals surface area contributed by atoms with Crippen LogP contribution in [-0.2, 0) is 10.1 Å². The van der Waals surface area contributed by atoms with Crippen LogP contribution in [0.25, 0.3) is 0 Å². The predicted octanol–water partition coefficient (Wildman–Crippen LogP) is 7.68. The second kappa shape index (κ2) is 10.6. The Kier molecular flexibility index (Phi) is 7.57. The van der Waals surface area contributed by atoms with E-state index in [1.807, 2.05) is 12.1 Å². The molecule has 0 aromatic heterocycles. The summed E-state index contributed by atoms with van der Waals surface area (Å²) in [6.45, 7) is 0. The molecule has 5 nitrogen and oxygen atoms in total. The Labute approximate surface area is 219 Å². The maximum atomic E-state index is 14.7. The molecule has 3 aliphatic rings. The van der Waals surface area contributed by atoms with Gasteiger partial charge in [0, 0.05) is 0 Å². The Morgan fingerprint density at radius 1 is 0.711 bits per heavy atom. The summed E-state index contributed by atoms with van der Waals surface area (Å²) in [6, 6.07) is 4.02. The van der Waals surface area contributed by atoms with Crippen LogP contribution >= 0.6 is 0 Å². The van der Waals surface area contributed by atoms with Crippen molar-refractivity contribution in [3.05, 3.63) is 57.7 Å². The lowest BCUT2D eigenvalue weighted by molar-refractivity contribution is 0.0713. The molecule has 3 aliphatic carbocycles. The number of hydrogen-bond acceptors (Lipinski definition) is 4. The Morgan fingerprint density at radius 3 is 1.50 bits per heavy atom. The molecule has 0 unspecified atom stereocenters. The highest BCUT2D eigenvalue weighted by atomic mass is 32.2. The van der Waals surface area contributed by atoms with Gasteiger partial charge in [0.1, 0.15) is 0 Å².